The molecule has 1 rings (SSSR count). The summed E-state index contributed by atoms with van der Waals surface area (Å²) < 4.78 is 31.9. The van der Waals surface area contributed by atoms with Crippen molar-refractivity contribution in [2.45, 2.75) is 19.8 Å². The third kappa shape index (κ3) is 5.19. The predicted octanol–water partition coefficient (Wildman–Crippen LogP) is 1.99. The molecule has 5 heteroatoms. The van der Waals surface area contributed by atoms with Crippen molar-refractivity contribution >= 4 is 10.1 Å². The van der Waals surface area contributed by atoms with E-state index in [1.54, 1.807) is 0 Å². The van der Waals surface area contributed by atoms with Crippen LogP contribution < -0.4 is 4.74 Å². The Balaban J connectivity index is 2.42. The molecule has 0 amide bonds. The van der Waals surface area contributed by atoms with E-state index in [4.69, 9.17) is 4.74 Å². The van der Waals surface area contributed by atoms with E-state index in [1.165, 1.54) is 7.11 Å². The van der Waals surface area contributed by atoms with Crippen molar-refractivity contribution in [3.05, 3.63) is 29.8 Å². The van der Waals surface area contributed by atoms with Crippen LogP contribution in [0.2, 0.25) is 0 Å². The first-order valence-electron chi connectivity index (χ1n) is 5.57. The van der Waals surface area contributed by atoms with Crippen molar-refractivity contribution in [2.24, 2.45) is 0 Å². The van der Waals surface area contributed by atoms with E-state index < -0.39 is 10.1 Å². The van der Waals surface area contributed by atoms with Gasteiger partial charge in [-0.1, -0.05) is 12.1 Å². The molecule has 4 nitrogen and oxygen atoms in total. The Hall–Kier alpha value is -1.07. The molecule has 1 aromatic rings. The molecule has 0 fully saturated rings. The number of ether oxygens (including phenoxy) is 1. The maximum Gasteiger partial charge on any atom is 0.267 e. The highest BCUT2D eigenvalue weighted by molar-refractivity contribution is 7.86. The summed E-state index contributed by atoms with van der Waals surface area (Å²) in [6, 6.07) is 7.68. The van der Waals surface area contributed by atoms with E-state index in [2.05, 4.69) is 4.18 Å². The zero-order chi connectivity index (χ0) is 12.7. The Morgan fingerprint density at radius 3 is 2.35 bits per heavy atom. The van der Waals surface area contributed by atoms with Crippen molar-refractivity contribution < 1.29 is 17.3 Å². The van der Waals surface area contributed by atoms with Gasteiger partial charge in [0.25, 0.3) is 10.1 Å². The number of rotatable bonds is 7. The Kier molecular flexibility index (Phi) is 5.44. The van der Waals surface area contributed by atoms with Gasteiger partial charge in [0.15, 0.2) is 0 Å². The first-order chi connectivity index (χ1) is 8.07. The van der Waals surface area contributed by atoms with Crippen LogP contribution in [-0.4, -0.2) is 27.9 Å². The zero-order valence-corrected chi connectivity index (χ0v) is 11.0. The Morgan fingerprint density at radius 2 is 1.82 bits per heavy atom. The van der Waals surface area contributed by atoms with Gasteiger partial charge in [0.05, 0.1) is 19.5 Å². The highest BCUT2D eigenvalue weighted by atomic mass is 32.2. The SMILES string of the molecule is CCOc1ccc(CCCS(=O)(=O)OC)cc1. The smallest absolute Gasteiger partial charge is 0.267 e. The molecule has 0 atom stereocenters. The van der Waals surface area contributed by atoms with Crippen LogP contribution in [0.3, 0.4) is 0 Å². The molecule has 0 N–H and O–H groups in total. The lowest BCUT2D eigenvalue weighted by Gasteiger charge is -2.05. The zero-order valence-electron chi connectivity index (χ0n) is 10.2. The van der Waals surface area contributed by atoms with E-state index in [9.17, 15) is 8.42 Å². The molecule has 0 saturated heterocycles. The second-order valence-corrected chi connectivity index (χ2v) is 5.47. The quantitative estimate of drug-likeness (QED) is 0.702. The van der Waals surface area contributed by atoms with E-state index in [0.717, 1.165) is 17.7 Å². The molecule has 0 aliphatic heterocycles. The molecule has 0 spiro atoms. The molecular formula is C12H18O4S. The van der Waals surface area contributed by atoms with Crippen LogP contribution in [0.4, 0.5) is 0 Å². The minimum absolute atomic E-state index is 0.0523. The van der Waals surface area contributed by atoms with Gasteiger partial charge in [0.2, 0.25) is 0 Å². The van der Waals surface area contributed by atoms with Gasteiger partial charge < -0.3 is 4.74 Å². The summed E-state index contributed by atoms with van der Waals surface area (Å²) >= 11 is 0. The van der Waals surface area contributed by atoms with Crippen LogP contribution in [0.25, 0.3) is 0 Å². The van der Waals surface area contributed by atoms with Crippen LogP contribution in [0.1, 0.15) is 18.9 Å². The van der Waals surface area contributed by atoms with Crippen LogP contribution in [0.5, 0.6) is 5.75 Å². The summed E-state index contributed by atoms with van der Waals surface area (Å²) in [4.78, 5) is 0. The highest BCUT2D eigenvalue weighted by Crippen LogP contribution is 2.13. The number of hydrogen-bond acceptors (Lipinski definition) is 4. The van der Waals surface area contributed by atoms with Gasteiger partial charge in [-0.25, -0.2) is 0 Å². The summed E-state index contributed by atoms with van der Waals surface area (Å²) in [7, 11) is -2.14. The lowest BCUT2D eigenvalue weighted by Crippen LogP contribution is -2.08. The van der Waals surface area contributed by atoms with Gasteiger partial charge in [0, 0.05) is 0 Å². The summed E-state index contributed by atoms with van der Waals surface area (Å²) in [5.41, 5.74) is 1.10. The molecule has 0 aliphatic carbocycles. The molecule has 17 heavy (non-hydrogen) atoms. The van der Waals surface area contributed by atoms with Gasteiger partial charge in [-0.05, 0) is 37.5 Å². The van der Waals surface area contributed by atoms with E-state index in [0.29, 0.717) is 13.0 Å². The maximum absolute atomic E-state index is 11.1. The number of benzene rings is 1. The van der Waals surface area contributed by atoms with Gasteiger partial charge in [-0.3, -0.25) is 4.18 Å². The van der Waals surface area contributed by atoms with Crippen molar-refractivity contribution in [2.75, 3.05) is 19.5 Å². The van der Waals surface area contributed by atoms with Crippen molar-refractivity contribution in [3.8, 4) is 5.75 Å². The Bertz CT molecular complexity index is 422. The highest BCUT2D eigenvalue weighted by Gasteiger charge is 2.07. The molecular weight excluding hydrogens is 240 g/mol. The van der Waals surface area contributed by atoms with Crippen LogP contribution in [0, 0.1) is 0 Å². The lowest BCUT2D eigenvalue weighted by molar-refractivity contribution is 0.340. The minimum atomic E-state index is -3.33. The largest absolute Gasteiger partial charge is 0.494 e. The van der Waals surface area contributed by atoms with Gasteiger partial charge in [-0.15, -0.1) is 0 Å². The molecule has 1 aromatic carbocycles. The average Bonchev–Trinajstić information content (AvgIpc) is 2.32. The number of hydrogen-bond donors (Lipinski definition) is 0. The Morgan fingerprint density at radius 1 is 1.18 bits per heavy atom. The fourth-order valence-electron chi connectivity index (χ4n) is 1.46. The first-order valence-corrected chi connectivity index (χ1v) is 7.15. The molecule has 0 bridgehead atoms. The second kappa shape index (κ2) is 6.61. The summed E-state index contributed by atoms with van der Waals surface area (Å²) in [6.45, 7) is 2.58. The van der Waals surface area contributed by atoms with Crippen LogP contribution in [0.15, 0.2) is 24.3 Å². The molecule has 0 saturated carbocycles. The predicted molar refractivity (Wildman–Crippen MR) is 66.7 cm³/mol. The third-order valence-corrected chi connectivity index (χ3v) is 3.64. The molecule has 0 aromatic heterocycles. The van der Waals surface area contributed by atoms with Crippen molar-refractivity contribution in [1.82, 2.24) is 0 Å². The molecule has 96 valence electrons. The fraction of sp³-hybridized carbons (Fsp3) is 0.500. The van der Waals surface area contributed by atoms with Crippen LogP contribution in [-0.2, 0) is 20.7 Å². The topological polar surface area (TPSA) is 52.6 Å². The normalized spacial score (nSPS) is 11.4. The monoisotopic (exact) mass is 258 g/mol. The summed E-state index contributed by atoms with van der Waals surface area (Å²) in [6.07, 6.45) is 1.28. The standard InChI is InChI=1S/C12H18O4S/c1-3-16-12-8-6-11(7-9-12)5-4-10-17(13,14)15-2/h6-9H,3-5,10H2,1-2H3. The van der Waals surface area contributed by atoms with Gasteiger partial charge >= 0.3 is 0 Å². The van der Waals surface area contributed by atoms with Gasteiger partial charge in [0.1, 0.15) is 5.75 Å². The number of aryl methyl sites for hydroxylation is 1. The van der Waals surface area contributed by atoms with E-state index in [1.807, 2.05) is 31.2 Å². The molecule has 0 aliphatic rings. The third-order valence-electron chi connectivity index (χ3n) is 2.35. The van der Waals surface area contributed by atoms with Crippen molar-refractivity contribution in [1.29, 1.82) is 0 Å². The van der Waals surface area contributed by atoms with Crippen LogP contribution >= 0.6 is 0 Å². The van der Waals surface area contributed by atoms with Gasteiger partial charge in [-0.2, -0.15) is 8.42 Å². The molecule has 0 unspecified atom stereocenters. The lowest BCUT2D eigenvalue weighted by atomic mass is 10.1. The first kappa shape index (κ1) is 14.0. The summed E-state index contributed by atoms with van der Waals surface area (Å²) in [5, 5.41) is 0. The Labute approximate surface area is 103 Å². The minimum Gasteiger partial charge on any atom is -0.494 e. The average molecular weight is 258 g/mol. The van der Waals surface area contributed by atoms with Crippen molar-refractivity contribution in [3.63, 3.8) is 0 Å². The maximum atomic E-state index is 11.1. The van der Waals surface area contributed by atoms with E-state index >= 15 is 0 Å². The second-order valence-electron chi connectivity index (χ2n) is 3.61. The van der Waals surface area contributed by atoms with E-state index in [-0.39, 0.29) is 5.75 Å². The molecule has 0 radical (unpaired) electrons. The fourth-order valence-corrected chi connectivity index (χ4v) is 2.12. The molecule has 0 heterocycles. The summed E-state index contributed by atoms with van der Waals surface area (Å²) in [5.74, 6) is 0.886.